The molecule has 0 radical (unpaired) electrons. The summed E-state index contributed by atoms with van der Waals surface area (Å²) in [7, 11) is 0. The van der Waals surface area contributed by atoms with Crippen LogP contribution in [0.4, 0.5) is 4.79 Å². The highest BCUT2D eigenvalue weighted by Gasteiger charge is 2.31. The Morgan fingerprint density at radius 1 is 1.14 bits per heavy atom. The SMILES string of the molecule is O=C(Oc1[nH]ncc1Cl)N1CCCCC1COC1CCC(c2ccccc2)CC1. The first-order valence-corrected chi connectivity index (χ1v) is 10.9. The van der Waals surface area contributed by atoms with Gasteiger partial charge in [0.05, 0.1) is 24.9 Å². The van der Waals surface area contributed by atoms with E-state index >= 15 is 0 Å². The Bertz CT molecular complexity index is 790. The van der Waals surface area contributed by atoms with Crippen LogP contribution >= 0.6 is 11.6 Å². The topological polar surface area (TPSA) is 67.5 Å². The zero-order chi connectivity index (χ0) is 20.1. The molecule has 156 valence electrons. The number of halogens is 1. The number of hydrogen-bond donors (Lipinski definition) is 1. The van der Waals surface area contributed by atoms with E-state index in [1.54, 1.807) is 4.90 Å². The lowest BCUT2D eigenvalue weighted by atomic mass is 9.83. The van der Waals surface area contributed by atoms with Crippen LogP contribution in [0.2, 0.25) is 5.02 Å². The molecule has 4 rings (SSSR count). The van der Waals surface area contributed by atoms with Crippen LogP contribution in [0.1, 0.15) is 56.4 Å². The zero-order valence-electron chi connectivity index (χ0n) is 16.6. The molecule has 6 nitrogen and oxygen atoms in total. The summed E-state index contributed by atoms with van der Waals surface area (Å²) in [4.78, 5) is 14.4. The second-order valence-electron chi connectivity index (χ2n) is 7.98. The van der Waals surface area contributed by atoms with Gasteiger partial charge in [0.1, 0.15) is 5.02 Å². The molecule has 1 atom stereocenters. The predicted octanol–water partition coefficient (Wildman–Crippen LogP) is 5.16. The van der Waals surface area contributed by atoms with E-state index in [0.29, 0.717) is 24.1 Å². The summed E-state index contributed by atoms with van der Waals surface area (Å²) in [5.74, 6) is 0.831. The van der Waals surface area contributed by atoms with Crippen LogP contribution in [-0.4, -0.2) is 46.5 Å². The number of nitrogens with one attached hydrogen (secondary N) is 1. The number of hydrogen-bond acceptors (Lipinski definition) is 4. The van der Waals surface area contributed by atoms with Crippen molar-refractivity contribution >= 4 is 17.7 Å². The summed E-state index contributed by atoms with van der Waals surface area (Å²) in [6, 6.07) is 10.8. The van der Waals surface area contributed by atoms with Gasteiger partial charge in [0.25, 0.3) is 0 Å². The van der Waals surface area contributed by atoms with Crippen molar-refractivity contribution in [1.82, 2.24) is 15.1 Å². The maximum Gasteiger partial charge on any atom is 0.416 e. The fraction of sp³-hybridized carbons (Fsp3) is 0.545. The molecule has 7 heteroatoms. The van der Waals surface area contributed by atoms with Gasteiger partial charge in [-0.15, -0.1) is 0 Å². The lowest BCUT2D eigenvalue weighted by Gasteiger charge is -2.36. The molecule has 1 saturated carbocycles. The molecule has 1 aliphatic heterocycles. The number of piperidine rings is 1. The van der Waals surface area contributed by atoms with Gasteiger partial charge in [0.15, 0.2) is 0 Å². The Kier molecular flexibility index (Phi) is 6.72. The monoisotopic (exact) mass is 417 g/mol. The van der Waals surface area contributed by atoms with Gasteiger partial charge in [-0.2, -0.15) is 5.10 Å². The summed E-state index contributed by atoms with van der Waals surface area (Å²) in [6.45, 7) is 1.24. The van der Waals surface area contributed by atoms with Crippen LogP contribution in [-0.2, 0) is 4.74 Å². The number of aromatic nitrogens is 2. The van der Waals surface area contributed by atoms with Gasteiger partial charge in [0, 0.05) is 6.54 Å². The summed E-state index contributed by atoms with van der Waals surface area (Å²) in [6.07, 6.45) is 8.77. The summed E-state index contributed by atoms with van der Waals surface area (Å²) in [5, 5.41) is 6.70. The number of nitrogens with zero attached hydrogens (tertiary/aromatic N) is 2. The van der Waals surface area contributed by atoms with Crippen molar-refractivity contribution in [1.29, 1.82) is 0 Å². The first-order chi connectivity index (χ1) is 14.2. The minimum absolute atomic E-state index is 0.0461. The largest absolute Gasteiger partial charge is 0.416 e. The first kappa shape index (κ1) is 20.2. The Labute approximate surface area is 176 Å². The van der Waals surface area contributed by atoms with Gasteiger partial charge in [-0.05, 0) is 56.4 Å². The minimum atomic E-state index is -0.391. The molecule has 1 unspecified atom stereocenters. The van der Waals surface area contributed by atoms with Crippen LogP contribution in [0.25, 0.3) is 0 Å². The Morgan fingerprint density at radius 2 is 1.93 bits per heavy atom. The van der Waals surface area contributed by atoms with E-state index < -0.39 is 6.09 Å². The summed E-state index contributed by atoms with van der Waals surface area (Å²) >= 11 is 5.96. The number of aromatic amines is 1. The molecule has 2 aliphatic rings. The third-order valence-electron chi connectivity index (χ3n) is 6.08. The number of likely N-dealkylation sites (tertiary alicyclic amines) is 1. The fourth-order valence-corrected chi connectivity index (χ4v) is 4.56. The minimum Gasteiger partial charge on any atom is -0.390 e. The molecule has 1 saturated heterocycles. The van der Waals surface area contributed by atoms with Crippen LogP contribution < -0.4 is 4.74 Å². The second kappa shape index (κ2) is 9.63. The number of ether oxygens (including phenoxy) is 2. The molecule has 2 fully saturated rings. The van der Waals surface area contributed by atoms with Gasteiger partial charge < -0.3 is 14.4 Å². The number of H-pyrrole nitrogens is 1. The quantitative estimate of drug-likeness (QED) is 0.729. The number of amides is 1. The van der Waals surface area contributed by atoms with E-state index in [2.05, 4.69) is 40.5 Å². The number of rotatable bonds is 5. The van der Waals surface area contributed by atoms with E-state index in [1.807, 2.05) is 0 Å². The van der Waals surface area contributed by atoms with Crippen molar-refractivity contribution in [2.75, 3.05) is 13.2 Å². The maximum absolute atomic E-state index is 12.6. The van der Waals surface area contributed by atoms with Crippen molar-refractivity contribution in [3.05, 3.63) is 47.1 Å². The third kappa shape index (κ3) is 5.11. The van der Waals surface area contributed by atoms with Crippen LogP contribution in [0.15, 0.2) is 36.5 Å². The molecule has 1 N–H and O–H groups in total. The molecule has 0 spiro atoms. The third-order valence-corrected chi connectivity index (χ3v) is 6.35. The Hall–Kier alpha value is -2.05. The normalized spacial score (nSPS) is 25.0. The van der Waals surface area contributed by atoms with E-state index in [1.165, 1.54) is 11.8 Å². The van der Waals surface area contributed by atoms with Crippen molar-refractivity contribution in [2.45, 2.75) is 63.0 Å². The van der Waals surface area contributed by atoms with Gasteiger partial charge >= 0.3 is 6.09 Å². The number of carbonyl (C=O) groups is 1. The van der Waals surface area contributed by atoms with E-state index in [4.69, 9.17) is 21.1 Å². The standard InChI is InChI=1S/C22H28ClN3O3/c23-20-14-24-25-21(20)29-22(27)26-13-5-4-8-18(26)15-28-19-11-9-17(10-12-19)16-6-2-1-3-7-16/h1-3,6-7,14,17-19H,4-5,8-13,15H2,(H,24,25). The van der Waals surface area contributed by atoms with Crippen molar-refractivity contribution in [3.8, 4) is 5.88 Å². The maximum atomic E-state index is 12.6. The Balaban J connectivity index is 1.27. The summed E-state index contributed by atoms with van der Waals surface area (Å²) in [5.41, 5.74) is 1.43. The molecular formula is C22H28ClN3O3. The smallest absolute Gasteiger partial charge is 0.390 e. The van der Waals surface area contributed by atoms with Crippen molar-refractivity contribution in [2.24, 2.45) is 0 Å². The average molecular weight is 418 g/mol. The van der Waals surface area contributed by atoms with Crippen LogP contribution in [0.5, 0.6) is 5.88 Å². The molecule has 2 heterocycles. The second-order valence-corrected chi connectivity index (χ2v) is 8.38. The molecule has 0 bridgehead atoms. The molecule has 1 aromatic carbocycles. The predicted molar refractivity (Wildman–Crippen MR) is 111 cm³/mol. The van der Waals surface area contributed by atoms with Crippen LogP contribution in [0.3, 0.4) is 0 Å². The highest BCUT2D eigenvalue weighted by atomic mass is 35.5. The molecule has 1 aliphatic carbocycles. The lowest BCUT2D eigenvalue weighted by molar-refractivity contribution is -0.0154. The lowest BCUT2D eigenvalue weighted by Crippen LogP contribution is -2.48. The van der Waals surface area contributed by atoms with Gasteiger partial charge in [-0.25, -0.2) is 9.89 Å². The number of benzene rings is 1. The molecular weight excluding hydrogens is 390 g/mol. The Morgan fingerprint density at radius 3 is 2.66 bits per heavy atom. The summed E-state index contributed by atoms with van der Waals surface area (Å²) < 4.78 is 11.6. The van der Waals surface area contributed by atoms with Gasteiger partial charge in [0.2, 0.25) is 5.88 Å². The molecule has 2 aromatic rings. The highest BCUT2D eigenvalue weighted by Crippen LogP contribution is 2.34. The highest BCUT2D eigenvalue weighted by molar-refractivity contribution is 6.31. The van der Waals surface area contributed by atoms with E-state index in [-0.39, 0.29) is 18.0 Å². The fourth-order valence-electron chi connectivity index (χ4n) is 4.43. The van der Waals surface area contributed by atoms with E-state index in [0.717, 1.165) is 44.9 Å². The molecule has 1 amide bonds. The first-order valence-electron chi connectivity index (χ1n) is 10.5. The van der Waals surface area contributed by atoms with Gasteiger partial charge in [-0.1, -0.05) is 41.9 Å². The van der Waals surface area contributed by atoms with Crippen molar-refractivity contribution < 1.29 is 14.3 Å². The number of carbonyl (C=O) groups excluding carboxylic acids is 1. The van der Waals surface area contributed by atoms with Crippen LogP contribution in [0, 0.1) is 0 Å². The van der Waals surface area contributed by atoms with Crippen molar-refractivity contribution in [3.63, 3.8) is 0 Å². The van der Waals surface area contributed by atoms with Gasteiger partial charge in [-0.3, -0.25) is 0 Å². The molecule has 29 heavy (non-hydrogen) atoms. The van der Waals surface area contributed by atoms with E-state index in [9.17, 15) is 4.79 Å². The molecule has 1 aromatic heterocycles. The zero-order valence-corrected chi connectivity index (χ0v) is 17.3. The average Bonchev–Trinajstić information content (AvgIpc) is 3.17.